The van der Waals surface area contributed by atoms with Crippen LogP contribution in [0.15, 0.2) is 30.0 Å². The molecule has 0 heterocycles. The van der Waals surface area contributed by atoms with Crippen LogP contribution >= 0.6 is 0 Å². The highest BCUT2D eigenvalue weighted by atomic mass is 16.1. The Bertz CT molecular complexity index is 529. The van der Waals surface area contributed by atoms with E-state index in [1.807, 2.05) is 32.0 Å². The first-order valence-corrected chi connectivity index (χ1v) is 6.09. The van der Waals surface area contributed by atoms with E-state index in [9.17, 15) is 4.79 Å². The molecule has 100 valence electrons. The van der Waals surface area contributed by atoms with Gasteiger partial charge in [-0.1, -0.05) is 13.0 Å². The van der Waals surface area contributed by atoms with Crippen molar-refractivity contribution in [3.05, 3.63) is 35.5 Å². The third-order valence-corrected chi connectivity index (χ3v) is 2.48. The Labute approximate surface area is 113 Å². The summed E-state index contributed by atoms with van der Waals surface area (Å²) in [6, 6.07) is 7.38. The zero-order valence-corrected chi connectivity index (χ0v) is 11.2. The number of nitriles is 1. The lowest BCUT2D eigenvalue weighted by molar-refractivity contribution is -0.117. The van der Waals surface area contributed by atoms with E-state index in [0.29, 0.717) is 17.9 Å². The molecule has 0 aliphatic heterocycles. The molecule has 5 heteroatoms. The van der Waals surface area contributed by atoms with Crippen LogP contribution in [-0.2, 0) is 4.79 Å². The van der Waals surface area contributed by atoms with Gasteiger partial charge in [-0.15, -0.1) is 0 Å². The van der Waals surface area contributed by atoms with Crippen molar-refractivity contribution in [1.29, 1.82) is 5.26 Å². The second-order valence-electron chi connectivity index (χ2n) is 4.16. The number of benzene rings is 1. The maximum atomic E-state index is 11.6. The fourth-order valence-electron chi connectivity index (χ4n) is 1.43. The summed E-state index contributed by atoms with van der Waals surface area (Å²) in [5.41, 5.74) is 8.10. The van der Waals surface area contributed by atoms with Crippen LogP contribution in [0, 0.1) is 18.3 Å². The van der Waals surface area contributed by atoms with Crippen molar-refractivity contribution in [2.24, 2.45) is 0 Å². The Morgan fingerprint density at radius 1 is 1.53 bits per heavy atom. The zero-order valence-electron chi connectivity index (χ0n) is 11.2. The van der Waals surface area contributed by atoms with Crippen LogP contribution in [0.5, 0.6) is 0 Å². The van der Waals surface area contributed by atoms with Gasteiger partial charge < -0.3 is 16.4 Å². The summed E-state index contributed by atoms with van der Waals surface area (Å²) in [6.45, 7) is 4.43. The summed E-state index contributed by atoms with van der Waals surface area (Å²) >= 11 is 0. The lowest BCUT2D eigenvalue weighted by Crippen LogP contribution is -2.25. The molecule has 0 bridgehead atoms. The normalized spacial score (nSPS) is 10.7. The van der Waals surface area contributed by atoms with E-state index in [1.165, 1.54) is 6.20 Å². The first-order valence-electron chi connectivity index (χ1n) is 6.09. The van der Waals surface area contributed by atoms with Gasteiger partial charge in [-0.2, -0.15) is 5.26 Å². The first-order chi connectivity index (χ1) is 9.08. The van der Waals surface area contributed by atoms with Gasteiger partial charge in [0, 0.05) is 12.7 Å². The van der Waals surface area contributed by atoms with Crippen molar-refractivity contribution in [3.8, 4) is 6.07 Å². The second kappa shape index (κ2) is 7.07. The molecule has 0 saturated carbocycles. The highest BCUT2D eigenvalue weighted by Crippen LogP contribution is 2.19. The summed E-state index contributed by atoms with van der Waals surface area (Å²) in [5.74, 6) is -0.386. The van der Waals surface area contributed by atoms with Crippen molar-refractivity contribution < 1.29 is 4.79 Å². The fraction of sp³-hybridized carbons (Fsp3) is 0.286. The van der Waals surface area contributed by atoms with Gasteiger partial charge in [-0.25, -0.2) is 0 Å². The average Bonchev–Trinajstić information content (AvgIpc) is 2.40. The van der Waals surface area contributed by atoms with E-state index < -0.39 is 0 Å². The van der Waals surface area contributed by atoms with Crippen molar-refractivity contribution in [3.63, 3.8) is 0 Å². The molecule has 1 amide bonds. The maximum Gasteiger partial charge on any atom is 0.263 e. The van der Waals surface area contributed by atoms with Gasteiger partial charge in [-0.05, 0) is 31.0 Å². The number of rotatable bonds is 5. The summed E-state index contributed by atoms with van der Waals surface area (Å²) in [7, 11) is 0. The predicted molar refractivity (Wildman–Crippen MR) is 76.2 cm³/mol. The van der Waals surface area contributed by atoms with E-state index >= 15 is 0 Å². The second-order valence-corrected chi connectivity index (χ2v) is 4.16. The Balaban J connectivity index is 2.80. The molecule has 0 aromatic heterocycles. The average molecular weight is 258 g/mol. The molecule has 0 aliphatic rings. The fourth-order valence-corrected chi connectivity index (χ4v) is 1.43. The molecular formula is C14H18N4O. The highest BCUT2D eigenvalue weighted by Gasteiger charge is 2.07. The van der Waals surface area contributed by atoms with Crippen molar-refractivity contribution in [2.45, 2.75) is 20.3 Å². The van der Waals surface area contributed by atoms with Crippen LogP contribution in [0.3, 0.4) is 0 Å². The number of hydrogen-bond acceptors (Lipinski definition) is 4. The van der Waals surface area contributed by atoms with Gasteiger partial charge in [0.25, 0.3) is 5.91 Å². The van der Waals surface area contributed by atoms with Crippen LogP contribution in [0.4, 0.5) is 11.4 Å². The van der Waals surface area contributed by atoms with Gasteiger partial charge >= 0.3 is 0 Å². The molecule has 5 nitrogen and oxygen atoms in total. The lowest BCUT2D eigenvalue weighted by Gasteiger charge is -2.07. The van der Waals surface area contributed by atoms with Gasteiger partial charge in [0.2, 0.25) is 0 Å². The molecule has 0 aliphatic carbocycles. The standard InChI is InChI=1S/C14H18N4O/c1-3-6-17-14(19)11(8-15)9-18-13-7-10(2)4-5-12(13)16/h4-5,7,9,18H,3,6,16H2,1-2H3,(H,17,19)/b11-9-. The van der Waals surface area contributed by atoms with Crippen LogP contribution in [0.1, 0.15) is 18.9 Å². The van der Waals surface area contributed by atoms with Crippen molar-refractivity contribution >= 4 is 17.3 Å². The van der Waals surface area contributed by atoms with Crippen LogP contribution in [-0.4, -0.2) is 12.5 Å². The third kappa shape index (κ3) is 4.36. The third-order valence-electron chi connectivity index (χ3n) is 2.48. The predicted octanol–water partition coefficient (Wildman–Crippen LogP) is 1.92. The number of amides is 1. The highest BCUT2D eigenvalue weighted by molar-refractivity contribution is 5.97. The number of carbonyl (C=O) groups is 1. The van der Waals surface area contributed by atoms with E-state index in [2.05, 4.69) is 10.6 Å². The smallest absolute Gasteiger partial charge is 0.263 e. The van der Waals surface area contributed by atoms with Crippen LogP contribution in [0.25, 0.3) is 0 Å². The number of nitrogens with two attached hydrogens (primary N) is 1. The van der Waals surface area contributed by atoms with Gasteiger partial charge in [0.15, 0.2) is 0 Å². The van der Waals surface area contributed by atoms with E-state index in [0.717, 1.165) is 12.0 Å². The number of anilines is 2. The van der Waals surface area contributed by atoms with Crippen molar-refractivity contribution in [2.75, 3.05) is 17.6 Å². The minimum absolute atomic E-state index is 0.0226. The first kappa shape index (κ1) is 14.6. The molecule has 0 spiro atoms. The molecular weight excluding hydrogens is 240 g/mol. The Morgan fingerprint density at radius 2 is 2.26 bits per heavy atom. The SMILES string of the molecule is CCCNC(=O)/C(C#N)=C\Nc1cc(C)ccc1N. The summed E-state index contributed by atoms with van der Waals surface area (Å²) < 4.78 is 0. The number of hydrogen-bond donors (Lipinski definition) is 3. The summed E-state index contributed by atoms with van der Waals surface area (Å²) in [5, 5.41) is 14.5. The number of nitrogens with zero attached hydrogens (tertiary/aromatic N) is 1. The molecule has 0 radical (unpaired) electrons. The summed E-state index contributed by atoms with van der Waals surface area (Å²) in [6.07, 6.45) is 2.19. The molecule has 1 rings (SSSR count). The molecule has 0 saturated heterocycles. The summed E-state index contributed by atoms with van der Waals surface area (Å²) in [4.78, 5) is 11.6. The lowest BCUT2D eigenvalue weighted by atomic mass is 10.2. The Kier molecular flexibility index (Phi) is 5.42. The maximum absolute atomic E-state index is 11.6. The molecule has 19 heavy (non-hydrogen) atoms. The number of carbonyl (C=O) groups excluding carboxylic acids is 1. The monoisotopic (exact) mass is 258 g/mol. The van der Waals surface area contributed by atoms with E-state index in [1.54, 1.807) is 6.07 Å². The number of nitrogen functional groups attached to an aromatic ring is 1. The topological polar surface area (TPSA) is 90.9 Å². The van der Waals surface area contributed by atoms with Crippen LogP contribution < -0.4 is 16.4 Å². The van der Waals surface area contributed by atoms with Gasteiger partial charge in [-0.3, -0.25) is 4.79 Å². The molecule has 0 atom stereocenters. The molecule has 1 aromatic carbocycles. The van der Waals surface area contributed by atoms with Gasteiger partial charge in [0.1, 0.15) is 11.6 Å². The molecule has 0 unspecified atom stereocenters. The van der Waals surface area contributed by atoms with Crippen molar-refractivity contribution in [1.82, 2.24) is 5.32 Å². The quantitative estimate of drug-likeness (QED) is 0.427. The molecule has 1 aromatic rings. The minimum atomic E-state index is -0.386. The number of nitrogens with one attached hydrogen (secondary N) is 2. The molecule has 0 fully saturated rings. The van der Waals surface area contributed by atoms with Gasteiger partial charge in [0.05, 0.1) is 11.4 Å². The van der Waals surface area contributed by atoms with E-state index in [4.69, 9.17) is 11.0 Å². The van der Waals surface area contributed by atoms with Crippen LogP contribution in [0.2, 0.25) is 0 Å². The minimum Gasteiger partial charge on any atom is -0.397 e. The Morgan fingerprint density at radius 3 is 2.89 bits per heavy atom. The molecule has 4 N–H and O–H groups in total. The Hall–Kier alpha value is -2.48. The largest absolute Gasteiger partial charge is 0.397 e. The zero-order chi connectivity index (χ0) is 14.3. The van der Waals surface area contributed by atoms with E-state index in [-0.39, 0.29) is 11.5 Å². The number of aryl methyl sites for hydroxylation is 1.